The highest BCUT2D eigenvalue weighted by Gasteiger charge is 2.23. The van der Waals surface area contributed by atoms with Gasteiger partial charge in [0.25, 0.3) is 0 Å². The Hall–Kier alpha value is -0.240. The van der Waals surface area contributed by atoms with Crippen molar-refractivity contribution < 1.29 is 4.79 Å². The Kier molecular flexibility index (Phi) is 7.94. The van der Waals surface area contributed by atoms with E-state index in [2.05, 4.69) is 36.0 Å². The van der Waals surface area contributed by atoms with Gasteiger partial charge in [-0.2, -0.15) is 0 Å². The summed E-state index contributed by atoms with van der Waals surface area (Å²) < 4.78 is 0. The molecule has 152 valence electrons. The van der Waals surface area contributed by atoms with Gasteiger partial charge in [-0.15, -0.1) is 11.3 Å². The van der Waals surface area contributed by atoms with Gasteiger partial charge in [-0.1, -0.05) is 48.8 Å². The van der Waals surface area contributed by atoms with Gasteiger partial charge in [0.05, 0.1) is 10.7 Å². The third-order valence-electron chi connectivity index (χ3n) is 5.20. The van der Waals surface area contributed by atoms with Crippen LogP contribution in [0.25, 0.3) is 0 Å². The number of thiazole rings is 1. The molecular formula is C20H33N3OS3. The second-order valence-corrected chi connectivity index (χ2v) is 12.3. The molecule has 27 heavy (non-hydrogen) atoms. The highest BCUT2D eigenvalue weighted by Crippen LogP contribution is 2.39. The molecule has 0 N–H and O–H groups in total. The van der Waals surface area contributed by atoms with Crippen LogP contribution in [0.2, 0.25) is 0 Å². The van der Waals surface area contributed by atoms with Crippen molar-refractivity contribution in [3.8, 4) is 0 Å². The highest BCUT2D eigenvalue weighted by atomic mass is 33.1. The smallest absolute Gasteiger partial charge is 0.222 e. The molecule has 0 bridgehead atoms. The second kappa shape index (κ2) is 9.99. The number of rotatable bonds is 7. The summed E-state index contributed by atoms with van der Waals surface area (Å²) in [6.45, 7) is 11.2. The number of carbonyl (C=O) groups is 1. The maximum absolute atomic E-state index is 12.5. The van der Waals surface area contributed by atoms with E-state index in [4.69, 9.17) is 4.98 Å². The first-order valence-corrected chi connectivity index (χ1v) is 13.4. The normalized spacial score (nSPS) is 21.7. The van der Waals surface area contributed by atoms with Gasteiger partial charge in [-0.3, -0.25) is 9.69 Å². The average molecular weight is 428 g/mol. The third kappa shape index (κ3) is 6.65. The van der Waals surface area contributed by atoms with Crippen molar-refractivity contribution in [1.82, 2.24) is 14.8 Å². The number of piperazine rings is 1. The Morgan fingerprint density at radius 2 is 2.00 bits per heavy atom. The van der Waals surface area contributed by atoms with Crippen LogP contribution in [0, 0.1) is 0 Å². The number of hydrogen-bond donors (Lipinski definition) is 0. The highest BCUT2D eigenvalue weighted by molar-refractivity contribution is 8.77. The van der Waals surface area contributed by atoms with Crippen LogP contribution in [0.3, 0.4) is 0 Å². The predicted molar refractivity (Wildman–Crippen MR) is 120 cm³/mol. The van der Waals surface area contributed by atoms with Crippen LogP contribution in [0.4, 0.5) is 0 Å². The lowest BCUT2D eigenvalue weighted by Crippen LogP contribution is -2.48. The fourth-order valence-electron chi connectivity index (χ4n) is 3.48. The zero-order valence-corrected chi connectivity index (χ0v) is 19.4. The summed E-state index contributed by atoms with van der Waals surface area (Å²) >= 11 is 1.77. The number of amides is 1. The molecular weight excluding hydrogens is 394 g/mol. The first-order valence-electron chi connectivity index (χ1n) is 10.1. The second-order valence-electron chi connectivity index (χ2n) is 8.63. The van der Waals surface area contributed by atoms with Gasteiger partial charge in [-0.05, 0) is 19.3 Å². The molecule has 2 aliphatic rings. The summed E-state index contributed by atoms with van der Waals surface area (Å²) in [4.78, 5) is 21.8. The molecule has 0 aromatic carbocycles. The van der Waals surface area contributed by atoms with Crippen molar-refractivity contribution in [2.24, 2.45) is 0 Å². The first kappa shape index (κ1) is 21.5. The summed E-state index contributed by atoms with van der Waals surface area (Å²) in [5.74, 6) is 1.66. The summed E-state index contributed by atoms with van der Waals surface area (Å²) in [6.07, 6.45) is 5.61. The van der Waals surface area contributed by atoms with Crippen LogP contribution in [0.15, 0.2) is 5.38 Å². The molecule has 1 unspecified atom stereocenters. The van der Waals surface area contributed by atoms with Gasteiger partial charge in [0.1, 0.15) is 0 Å². The van der Waals surface area contributed by atoms with E-state index in [9.17, 15) is 4.79 Å². The molecule has 0 saturated carbocycles. The van der Waals surface area contributed by atoms with E-state index in [0.717, 1.165) is 50.8 Å². The van der Waals surface area contributed by atoms with Crippen molar-refractivity contribution >= 4 is 38.8 Å². The summed E-state index contributed by atoms with van der Waals surface area (Å²) in [6, 6.07) is 0. The number of carbonyl (C=O) groups excluding carboxylic acids is 1. The van der Waals surface area contributed by atoms with Gasteiger partial charge in [0.2, 0.25) is 5.91 Å². The van der Waals surface area contributed by atoms with E-state index in [1.807, 2.05) is 21.6 Å². The van der Waals surface area contributed by atoms with Crippen molar-refractivity contribution in [2.45, 2.75) is 70.1 Å². The molecule has 4 nitrogen and oxygen atoms in total. The van der Waals surface area contributed by atoms with Crippen LogP contribution >= 0.6 is 32.9 Å². The zero-order chi connectivity index (χ0) is 19.3. The molecule has 2 saturated heterocycles. The molecule has 2 aliphatic heterocycles. The number of unbranched alkanes of at least 4 members (excludes halogenated alkanes) is 1. The van der Waals surface area contributed by atoms with Gasteiger partial charge in [-0.25, -0.2) is 4.98 Å². The lowest BCUT2D eigenvalue weighted by molar-refractivity contribution is -0.133. The molecule has 0 aliphatic carbocycles. The van der Waals surface area contributed by atoms with E-state index in [1.165, 1.54) is 35.7 Å². The largest absolute Gasteiger partial charge is 0.340 e. The Balaban J connectivity index is 1.33. The molecule has 2 fully saturated rings. The Morgan fingerprint density at radius 1 is 1.22 bits per heavy atom. The van der Waals surface area contributed by atoms with Gasteiger partial charge in [0.15, 0.2) is 0 Å². The standard InChI is InChI=1S/C20H33N3OS3/c1-20(2,3)19-21-16(15-25-19)14-22-9-11-23(12-10-22)18(24)7-5-4-6-17-8-13-26-27-17/h15,17H,4-14H2,1-3H3. The van der Waals surface area contributed by atoms with Crippen molar-refractivity contribution in [2.75, 3.05) is 31.9 Å². The predicted octanol–water partition coefficient (Wildman–Crippen LogP) is 4.80. The summed E-state index contributed by atoms with van der Waals surface area (Å²) in [7, 11) is 4.05. The molecule has 3 rings (SSSR count). The van der Waals surface area contributed by atoms with Crippen LogP contribution < -0.4 is 0 Å². The fourth-order valence-corrected chi connectivity index (χ4v) is 7.41. The Bertz CT molecular complexity index is 600. The monoisotopic (exact) mass is 427 g/mol. The van der Waals surface area contributed by atoms with E-state index in [-0.39, 0.29) is 5.41 Å². The Morgan fingerprint density at radius 3 is 2.63 bits per heavy atom. The lowest BCUT2D eigenvalue weighted by atomic mass is 9.98. The molecule has 0 spiro atoms. The molecule has 7 heteroatoms. The summed E-state index contributed by atoms with van der Waals surface area (Å²) in [5.41, 5.74) is 1.30. The molecule has 1 atom stereocenters. The lowest BCUT2D eigenvalue weighted by Gasteiger charge is -2.34. The SMILES string of the molecule is CC(C)(C)c1nc(CN2CCN(C(=O)CCCCC3CCSS3)CC2)cs1. The van der Waals surface area contributed by atoms with E-state index in [0.29, 0.717) is 5.91 Å². The average Bonchev–Trinajstić information content (AvgIpc) is 3.30. The summed E-state index contributed by atoms with van der Waals surface area (Å²) in [5, 5.41) is 4.23. The molecule has 1 amide bonds. The van der Waals surface area contributed by atoms with Crippen LogP contribution in [0.1, 0.15) is 63.6 Å². The van der Waals surface area contributed by atoms with Crippen molar-refractivity contribution in [3.05, 3.63) is 16.1 Å². The maximum atomic E-state index is 12.5. The molecule has 1 aromatic rings. The van der Waals surface area contributed by atoms with Crippen molar-refractivity contribution in [3.63, 3.8) is 0 Å². The zero-order valence-electron chi connectivity index (χ0n) is 16.9. The number of aromatic nitrogens is 1. The number of hydrogen-bond acceptors (Lipinski definition) is 6. The third-order valence-corrected chi connectivity index (χ3v) is 9.52. The minimum Gasteiger partial charge on any atom is -0.340 e. The van der Waals surface area contributed by atoms with Crippen LogP contribution in [-0.4, -0.2) is 57.9 Å². The first-order chi connectivity index (χ1) is 12.9. The minimum absolute atomic E-state index is 0.128. The quantitative estimate of drug-likeness (QED) is 0.461. The number of nitrogens with zero attached hydrogens (tertiary/aromatic N) is 3. The maximum Gasteiger partial charge on any atom is 0.222 e. The fraction of sp³-hybridized carbons (Fsp3) is 0.800. The van der Waals surface area contributed by atoms with Gasteiger partial charge < -0.3 is 4.90 Å². The minimum atomic E-state index is 0.128. The molecule has 1 aromatic heterocycles. The Labute approximate surface area is 176 Å². The van der Waals surface area contributed by atoms with Gasteiger partial charge in [0, 0.05) is 60.9 Å². The van der Waals surface area contributed by atoms with Gasteiger partial charge >= 0.3 is 0 Å². The van der Waals surface area contributed by atoms with Crippen LogP contribution in [-0.2, 0) is 16.8 Å². The van der Waals surface area contributed by atoms with Crippen LogP contribution in [0.5, 0.6) is 0 Å². The van der Waals surface area contributed by atoms with E-state index in [1.54, 1.807) is 11.3 Å². The molecule has 3 heterocycles. The topological polar surface area (TPSA) is 36.4 Å². The van der Waals surface area contributed by atoms with E-state index >= 15 is 0 Å². The van der Waals surface area contributed by atoms with Crippen molar-refractivity contribution in [1.29, 1.82) is 0 Å². The molecule has 0 radical (unpaired) electrons. The van der Waals surface area contributed by atoms with E-state index < -0.39 is 0 Å².